The van der Waals surface area contributed by atoms with Crippen LogP contribution in [0.4, 0.5) is 4.39 Å². The van der Waals surface area contributed by atoms with Crippen molar-refractivity contribution in [2.75, 3.05) is 7.11 Å². The van der Waals surface area contributed by atoms with Crippen LogP contribution in [-0.4, -0.2) is 42.5 Å². The molecule has 144 valence electrons. The minimum Gasteiger partial charge on any atom is -0.469 e. The van der Waals surface area contributed by atoms with Gasteiger partial charge < -0.3 is 15.8 Å². The molecule has 0 aliphatic heterocycles. The van der Waals surface area contributed by atoms with E-state index in [1.807, 2.05) is 0 Å². The number of nitrogens with two attached hydrogens (primary N) is 1. The lowest BCUT2D eigenvalue weighted by atomic mass is 9.84. The molecule has 0 saturated heterocycles. The van der Waals surface area contributed by atoms with E-state index in [4.69, 9.17) is 17.3 Å². The summed E-state index contributed by atoms with van der Waals surface area (Å²) in [5.74, 6) is -2.04. The molecule has 8 heteroatoms. The number of carbonyl (C=O) groups excluding carboxylic acids is 3. The van der Waals surface area contributed by atoms with Crippen LogP contribution in [0.1, 0.15) is 23.2 Å². The van der Waals surface area contributed by atoms with Crippen molar-refractivity contribution in [3.8, 4) is 0 Å². The smallest absolute Gasteiger partial charge is 0.305 e. The Morgan fingerprint density at radius 1 is 1.33 bits per heavy atom. The van der Waals surface area contributed by atoms with Gasteiger partial charge >= 0.3 is 5.97 Å². The Hall–Kier alpha value is -2.51. The Morgan fingerprint density at radius 3 is 2.63 bits per heavy atom. The molecule has 6 nitrogen and oxygen atoms in total. The molecule has 0 aromatic heterocycles. The number of Topliss-reactive ketones (excluding diaryl/α,β-unsaturated/α-hetero) is 1. The number of halogens is 2. The van der Waals surface area contributed by atoms with Gasteiger partial charge in [-0.05, 0) is 18.6 Å². The van der Waals surface area contributed by atoms with Crippen molar-refractivity contribution >= 4 is 29.3 Å². The summed E-state index contributed by atoms with van der Waals surface area (Å²) < 4.78 is 20.2. The van der Waals surface area contributed by atoms with Gasteiger partial charge in [0, 0.05) is 17.0 Å². The lowest BCUT2D eigenvalue weighted by Gasteiger charge is -2.32. The van der Waals surface area contributed by atoms with E-state index in [0.717, 1.165) is 6.08 Å². The topological polar surface area (TPSA) is 98.5 Å². The molecule has 1 aromatic rings. The van der Waals surface area contributed by atoms with Gasteiger partial charge in [-0.3, -0.25) is 14.4 Å². The van der Waals surface area contributed by atoms with Gasteiger partial charge in [0.05, 0.1) is 19.2 Å². The Kier molecular flexibility index (Phi) is 6.87. The van der Waals surface area contributed by atoms with Crippen LogP contribution >= 0.6 is 11.6 Å². The zero-order valence-corrected chi connectivity index (χ0v) is 15.4. The van der Waals surface area contributed by atoms with Crippen molar-refractivity contribution in [1.82, 2.24) is 5.32 Å². The van der Waals surface area contributed by atoms with Crippen molar-refractivity contribution in [3.05, 3.63) is 59.2 Å². The molecule has 2 unspecified atom stereocenters. The van der Waals surface area contributed by atoms with E-state index in [1.54, 1.807) is 18.2 Å². The third kappa shape index (κ3) is 5.02. The Labute approximate surface area is 161 Å². The number of benzene rings is 1. The number of ether oxygens (including phenoxy) is 1. The van der Waals surface area contributed by atoms with Gasteiger partial charge in [0.2, 0.25) is 17.4 Å². The first-order valence-electron chi connectivity index (χ1n) is 8.26. The highest BCUT2D eigenvalue weighted by Crippen LogP contribution is 2.31. The maximum absolute atomic E-state index is 15.7. The van der Waals surface area contributed by atoms with Crippen LogP contribution < -0.4 is 11.1 Å². The van der Waals surface area contributed by atoms with E-state index < -0.39 is 35.4 Å². The molecule has 0 bridgehead atoms. The predicted molar refractivity (Wildman–Crippen MR) is 98.8 cm³/mol. The van der Waals surface area contributed by atoms with Crippen molar-refractivity contribution in [3.63, 3.8) is 0 Å². The molecule has 27 heavy (non-hydrogen) atoms. The van der Waals surface area contributed by atoms with Crippen LogP contribution in [0.15, 0.2) is 53.6 Å². The standard InChI is InChI=1S/C19H20ClFN2O4/c1-27-16(24)10-8-14(22)18(26)23-15-9-7-13(20)11-19(15,21)17(25)12-5-3-2-4-6-12/h2-7,9,11,14-15H,8,10,22H2,1H3,(H,23,26)/t14-,15?,19?/m0/s1. The van der Waals surface area contributed by atoms with E-state index in [2.05, 4.69) is 10.1 Å². The van der Waals surface area contributed by atoms with Crippen molar-refractivity contribution in [1.29, 1.82) is 0 Å². The van der Waals surface area contributed by atoms with Gasteiger partial charge in [0.15, 0.2) is 0 Å². The SMILES string of the molecule is COC(=O)CC[C@H](N)C(=O)NC1C=CC(Cl)=CC1(F)C(=O)c1ccccc1. The molecule has 0 saturated carbocycles. The molecule has 1 aliphatic rings. The number of ketones is 1. The van der Waals surface area contributed by atoms with Crippen LogP contribution in [0.3, 0.4) is 0 Å². The maximum atomic E-state index is 15.7. The fourth-order valence-corrected chi connectivity index (χ4v) is 2.84. The van der Waals surface area contributed by atoms with E-state index >= 15 is 4.39 Å². The second-order valence-corrected chi connectivity index (χ2v) is 6.50. The van der Waals surface area contributed by atoms with Gasteiger partial charge in [0.25, 0.3) is 0 Å². The fourth-order valence-electron chi connectivity index (χ4n) is 2.60. The van der Waals surface area contributed by atoms with Gasteiger partial charge in [-0.2, -0.15) is 0 Å². The lowest BCUT2D eigenvalue weighted by molar-refractivity contribution is -0.140. The maximum Gasteiger partial charge on any atom is 0.305 e. The van der Waals surface area contributed by atoms with Gasteiger partial charge in [0.1, 0.15) is 0 Å². The Morgan fingerprint density at radius 2 is 2.00 bits per heavy atom. The minimum atomic E-state index is -2.56. The van der Waals surface area contributed by atoms with Crippen LogP contribution in [0, 0.1) is 0 Å². The van der Waals surface area contributed by atoms with E-state index in [9.17, 15) is 14.4 Å². The minimum absolute atomic E-state index is 0.0253. The summed E-state index contributed by atoms with van der Waals surface area (Å²) in [4.78, 5) is 36.2. The zero-order chi connectivity index (χ0) is 20.0. The van der Waals surface area contributed by atoms with E-state index in [0.29, 0.717) is 0 Å². The van der Waals surface area contributed by atoms with Gasteiger partial charge in [-0.1, -0.05) is 48.0 Å². The first-order chi connectivity index (χ1) is 12.8. The van der Waals surface area contributed by atoms with E-state index in [-0.39, 0.29) is 23.4 Å². The average molecular weight is 395 g/mol. The third-order valence-electron chi connectivity index (χ3n) is 4.15. The molecular formula is C19H20ClFN2O4. The summed E-state index contributed by atoms with van der Waals surface area (Å²) in [6.07, 6.45) is 3.63. The second-order valence-electron chi connectivity index (χ2n) is 6.06. The number of hydrogen-bond acceptors (Lipinski definition) is 5. The highest BCUT2D eigenvalue weighted by Gasteiger charge is 2.46. The summed E-state index contributed by atoms with van der Waals surface area (Å²) in [5, 5.41) is 2.46. The molecule has 3 N–H and O–H groups in total. The first kappa shape index (κ1) is 20.8. The summed E-state index contributed by atoms with van der Waals surface area (Å²) >= 11 is 5.89. The van der Waals surface area contributed by atoms with Crippen molar-refractivity contribution in [2.24, 2.45) is 5.73 Å². The Bertz CT molecular complexity index is 781. The number of allylic oxidation sites excluding steroid dienone is 2. The molecule has 0 heterocycles. The molecule has 3 atom stereocenters. The molecule has 1 amide bonds. The highest BCUT2D eigenvalue weighted by molar-refractivity contribution is 6.31. The zero-order valence-electron chi connectivity index (χ0n) is 14.7. The van der Waals surface area contributed by atoms with Crippen LogP contribution in [-0.2, 0) is 14.3 Å². The number of carbonyl (C=O) groups is 3. The number of hydrogen-bond donors (Lipinski definition) is 2. The molecule has 1 aromatic carbocycles. The van der Waals surface area contributed by atoms with Crippen LogP contribution in [0.25, 0.3) is 0 Å². The molecule has 0 spiro atoms. The molecule has 2 rings (SSSR count). The number of nitrogens with one attached hydrogen (secondary N) is 1. The molecule has 0 fully saturated rings. The predicted octanol–water partition coefficient (Wildman–Crippen LogP) is 2.04. The number of alkyl halides is 1. The summed E-state index contributed by atoms with van der Waals surface area (Å²) in [7, 11) is 1.23. The Balaban J connectivity index is 2.16. The average Bonchev–Trinajstić information content (AvgIpc) is 2.67. The second kappa shape index (κ2) is 8.92. The number of esters is 1. The van der Waals surface area contributed by atoms with Crippen LogP contribution in [0.2, 0.25) is 0 Å². The quantitative estimate of drug-likeness (QED) is 0.544. The monoisotopic (exact) mass is 394 g/mol. The summed E-state index contributed by atoms with van der Waals surface area (Å²) in [6, 6.07) is 5.52. The molecular weight excluding hydrogens is 375 g/mol. The third-order valence-corrected chi connectivity index (χ3v) is 4.39. The van der Waals surface area contributed by atoms with Gasteiger partial charge in [-0.15, -0.1) is 0 Å². The number of methoxy groups -OCH3 is 1. The normalized spacial score (nSPS) is 22.5. The first-order valence-corrected chi connectivity index (χ1v) is 8.64. The van der Waals surface area contributed by atoms with E-state index in [1.165, 1.54) is 31.4 Å². The molecule has 1 aliphatic carbocycles. The largest absolute Gasteiger partial charge is 0.469 e. The van der Waals surface area contributed by atoms with Crippen molar-refractivity contribution < 1.29 is 23.5 Å². The highest BCUT2D eigenvalue weighted by atomic mass is 35.5. The number of amides is 1. The lowest BCUT2D eigenvalue weighted by Crippen LogP contribution is -2.56. The fraction of sp³-hybridized carbons (Fsp3) is 0.316. The van der Waals surface area contributed by atoms with Crippen LogP contribution in [0.5, 0.6) is 0 Å². The number of rotatable bonds is 7. The van der Waals surface area contributed by atoms with Crippen molar-refractivity contribution in [2.45, 2.75) is 30.6 Å². The summed E-state index contributed by atoms with van der Waals surface area (Å²) in [5.41, 5.74) is 3.33. The molecule has 0 radical (unpaired) electrons. The summed E-state index contributed by atoms with van der Waals surface area (Å²) in [6.45, 7) is 0. The van der Waals surface area contributed by atoms with Gasteiger partial charge in [-0.25, -0.2) is 4.39 Å².